The smallest absolute Gasteiger partial charge is 0.328 e. The molecule has 0 amide bonds. The number of carbonyl (C=O) groups is 1. The first-order chi connectivity index (χ1) is 10.2. The van der Waals surface area contributed by atoms with Gasteiger partial charge in [-0.05, 0) is 47.8 Å². The molecular weight excluding hydrogens is 334 g/mol. The summed E-state index contributed by atoms with van der Waals surface area (Å²) >= 11 is 3.41. The maximum absolute atomic E-state index is 12.1. The highest BCUT2D eigenvalue weighted by atomic mass is 79.9. The number of carbonyl (C=O) groups excluding carboxylic acids is 1. The maximum atomic E-state index is 12.1. The minimum atomic E-state index is -0.221. The monoisotopic (exact) mass is 349 g/mol. The molecule has 1 atom stereocenters. The van der Waals surface area contributed by atoms with Crippen LogP contribution in [0.5, 0.6) is 0 Å². The van der Waals surface area contributed by atoms with Crippen molar-refractivity contribution >= 4 is 38.6 Å². The molecule has 3 heterocycles. The molecule has 2 aromatic rings. The SMILES string of the molecule is CCOC(=O)C1CCCN1c1ccnc2cc(Br)cnc12. The third kappa shape index (κ3) is 2.72. The van der Waals surface area contributed by atoms with Crippen molar-refractivity contribution in [3.8, 4) is 0 Å². The van der Waals surface area contributed by atoms with E-state index in [0.29, 0.717) is 6.61 Å². The van der Waals surface area contributed by atoms with E-state index >= 15 is 0 Å². The number of anilines is 1. The van der Waals surface area contributed by atoms with Gasteiger partial charge in [-0.15, -0.1) is 0 Å². The van der Waals surface area contributed by atoms with E-state index in [1.54, 1.807) is 12.4 Å². The van der Waals surface area contributed by atoms with Crippen molar-refractivity contribution in [2.75, 3.05) is 18.1 Å². The van der Waals surface area contributed by atoms with Crippen molar-refractivity contribution in [1.82, 2.24) is 9.97 Å². The number of nitrogens with zero attached hydrogens (tertiary/aromatic N) is 3. The van der Waals surface area contributed by atoms with E-state index in [9.17, 15) is 4.79 Å². The van der Waals surface area contributed by atoms with Crippen molar-refractivity contribution in [2.24, 2.45) is 0 Å². The van der Waals surface area contributed by atoms with Crippen LogP contribution in [0.2, 0.25) is 0 Å². The fraction of sp³-hybridized carbons (Fsp3) is 0.400. The van der Waals surface area contributed by atoms with Crippen molar-refractivity contribution in [2.45, 2.75) is 25.8 Å². The molecule has 1 fully saturated rings. The molecule has 0 radical (unpaired) electrons. The molecule has 5 nitrogen and oxygen atoms in total. The zero-order valence-corrected chi connectivity index (χ0v) is 13.3. The average Bonchev–Trinajstić information content (AvgIpc) is 2.95. The van der Waals surface area contributed by atoms with Crippen molar-refractivity contribution in [3.63, 3.8) is 0 Å². The second-order valence-corrected chi connectivity index (χ2v) is 5.87. The number of fused-ring (bicyclic) bond motifs is 1. The maximum Gasteiger partial charge on any atom is 0.328 e. The molecule has 0 aliphatic carbocycles. The van der Waals surface area contributed by atoms with Crippen LogP contribution in [0.15, 0.2) is 29.0 Å². The number of ether oxygens (including phenoxy) is 1. The Morgan fingerprint density at radius 1 is 1.52 bits per heavy atom. The summed E-state index contributed by atoms with van der Waals surface area (Å²) < 4.78 is 6.08. The van der Waals surface area contributed by atoms with Gasteiger partial charge in [0.1, 0.15) is 11.6 Å². The quantitative estimate of drug-likeness (QED) is 0.797. The molecule has 0 N–H and O–H groups in total. The summed E-state index contributed by atoms with van der Waals surface area (Å²) in [5.74, 6) is -0.155. The molecule has 0 aromatic carbocycles. The zero-order valence-electron chi connectivity index (χ0n) is 11.8. The molecular formula is C15H16BrN3O2. The minimum Gasteiger partial charge on any atom is -0.464 e. The first-order valence-electron chi connectivity index (χ1n) is 7.04. The van der Waals surface area contributed by atoms with Crippen LogP contribution in [0.1, 0.15) is 19.8 Å². The lowest BCUT2D eigenvalue weighted by Crippen LogP contribution is -2.37. The van der Waals surface area contributed by atoms with Crippen LogP contribution < -0.4 is 4.90 Å². The van der Waals surface area contributed by atoms with Gasteiger partial charge < -0.3 is 9.64 Å². The third-order valence-corrected chi connectivity index (χ3v) is 4.08. The van der Waals surface area contributed by atoms with Crippen molar-refractivity contribution in [1.29, 1.82) is 0 Å². The van der Waals surface area contributed by atoms with Gasteiger partial charge in [0.25, 0.3) is 0 Å². The second-order valence-electron chi connectivity index (χ2n) is 4.95. The predicted octanol–water partition coefficient (Wildman–Crippen LogP) is 2.92. The topological polar surface area (TPSA) is 55.3 Å². The highest BCUT2D eigenvalue weighted by Crippen LogP contribution is 2.31. The van der Waals surface area contributed by atoms with Gasteiger partial charge in [-0.3, -0.25) is 9.97 Å². The molecule has 1 aliphatic rings. The molecule has 6 heteroatoms. The van der Waals surface area contributed by atoms with E-state index in [4.69, 9.17) is 4.74 Å². The Hall–Kier alpha value is -1.69. The number of aromatic nitrogens is 2. The Morgan fingerprint density at radius 3 is 3.19 bits per heavy atom. The molecule has 1 unspecified atom stereocenters. The van der Waals surface area contributed by atoms with Crippen LogP contribution >= 0.6 is 15.9 Å². The fourth-order valence-electron chi connectivity index (χ4n) is 2.76. The van der Waals surface area contributed by atoms with E-state index < -0.39 is 0 Å². The summed E-state index contributed by atoms with van der Waals surface area (Å²) in [4.78, 5) is 23.0. The number of halogens is 1. The van der Waals surface area contributed by atoms with E-state index in [0.717, 1.165) is 40.6 Å². The van der Waals surface area contributed by atoms with Gasteiger partial charge in [0.05, 0.1) is 17.8 Å². The first-order valence-corrected chi connectivity index (χ1v) is 7.83. The lowest BCUT2D eigenvalue weighted by atomic mass is 10.2. The molecule has 0 saturated carbocycles. The van der Waals surface area contributed by atoms with Crippen LogP contribution in [-0.2, 0) is 9.53 Å². The lowest BCUT2D eigenvalue weighted by Gasteiger charge is -2.25. The Kier molecular flexibility index (Phi) is 4.05. The summed E-state index contributed by atoms with van der Waals surface area (Å²) in [6, 6.07) is 3.63. The molecule has 0 spiro atoms. The van der Waals surface area contributed by atoms with Crippen molar-refractivity contribution in [3.05, 3.63) is 29.0 Å². The largest absolute Gasteiger partial charge is 0.464 e. The fourth-order valence-corrected chi connectivity index (χ4v) is 3.08. The lowest BCUT2D eigenvalue weighted by molar-refractivity contribution is -0.144. The Labute approximate surface area is 131 Å². The van der Waals surface area contributed by atoms with E-state index in [-0.39, 0.29) is 12.0 Å². The second kappa shape index (κ2) is 5.97. The van der Waals surface area contributed by atoms with E-state index in [1.807, 2.05) is 19.1 Å². The number of esters is 1. The van der Waals surface area contributed by atoms with Gasteiger partial charge in [0, 0.05) is 23.4 Å². The van der Waals surface area contributed by atoms with Gasteiger partial charge in [0.2, 0.25) is 0 Å². The number of hydrogen-bond acceptors (Lipinski definition) is 5. The molecule has 110 valence electrons. The summed E-state index contributed by atoms with van der Waals surface area (Å²) in [5, 5.41) is 0. The summed E-state index contributed by atoms with van der Waals surface area (Å²) in [6.07, 6.45) is 5.30. The summed E-state index contributed by atoms with van der Waals surface area (Å²) in [6.45, 7) is 3.07. The van der Waals surface area contributed by atoms with E-state index in [2.05, 4.69) is 30.8 Å². The van der Waals surface area contributed by atoms with Gasteiger partial charge in [-0.1, -0.05) is 0 Å². The molecule has 2 aromatic heterocycles. The number of hydrogen-bond donors (Lipinski definition) is 0. The molecule has 21 heavy (non-hydrogen) atoms. The van der Waals surface area contributed by atoms with Crippen LogP contribution in [0.3, 0.4) is 0 Å². The van der Waals surface area contributed by atoms with Gasteiger partial charge >= 0.3 is 5.97 Å². The Morgan fingerprint density at radius 2 is 2.38 bits per heavy atom. The number of rotatable bonds is 3. The normalized spacial score (nSPS) is 18.2. The van der Waals surface area contributed by atoms with Gasteiger partial charge in [-0.25, -0.2) is 4.79 Å². The number of pyridine rings is 2. The third-order valence-electron chi connectivity index (χ3n) is 3.64. The summed E-state index contributed by atoms with van der Waals surface area (Å²) in [7, 11) is 0. The van der Waals surface area contributed by atoms with Crippen LogP contribution in [0, 0.1) is 0 Å². The van der Waals surface area contributed by atoms with E-state index in [1.165, 1.54) is 0 Å². The van der Waals surface area contributed by atoms with Gasteiger partial charge in [-0.2, -0.15) is 0 Å². The molecule has 1 saturated heterocycles. The van der Waals surface area contributed by atoms with Crippen LogP contribution in [-0.4, -0.2) is 35.1 Å². The highest BCUT2D eigenvalue weighted by Gasteiger charge is 2.33. The Bertz CT molecular complexity index is 677. The molecule has 0 bridgehead atoms. The summed E-state index contributed by atoms with van der Waals surface area (Å²) in [5.41, 5.74) is 2.58. The minimum absolute atomic E-state index is 0.155. The standard InChI is InChI=1S/C15H16BrN3O2/c1-2-21-15(20)13-4-3-7-19(13)12-5-6-17-11-8-10(16)9-18-14(11)12/h5-6,8-9,13H,2-4,7H2,1H3. The molecule has 1 aliphatic heterocycles. The average molecular weight is 350 g/mol. The van der Waals surface area contributed by atoms with Crippen LogP contribution in [0.4, 0.5) is 5.69 Å². The van der Waals surface area contributed by atoms with Crippen molar-refractivity contribution < 1.29 is 9.53 Å². The Balaban J connectivity index is 2.01. The molecule has 3 rings (SSSR count). The first kappa shape index (κ1) is 14.3. The van der Waals surface area contributed by atoms with Crippen LogP contribution in [0.25, 0.3) is 11.0 Å². The highest BCUT2D eigenvalue weighted by molar-refractivity contribution is 9.10. The zero-order chi connectivity index (χ0) is 14.8. The predicted molar refractivity (Wildman–Crippen MR) is 84.2 cm³/mol. The van der Waals surface area contributed by atoms with Gasteiger partial charge in [0.15, 0.2) is 0 Å².